The van der Waals surface area contributed by atoms with Gasteiger partial charge in [-0.2, -0.15) is 0 Å². The summed E-state index contributed by atoms with van der Waals surface area (Å²) in [5, 5.41) is 10.5. The molecule has 3 rings (SSSR count). The molecular weight excluding hydrogens is 312 g/mol. The average Bonchev–Trinajstić information content (AvgIpc) is 3.01. The molecule has 0 spiro atoms. The first kappa shape index (κ1) is 17.6. The lowest BCUT2D eigenvalue weighted by Gasteiger charge is -2.27. The molecule has 1 N–H and O–H groups in total. The highest BCUT2D eigenvalue weighted by Crippen LogP contribution is 2.13. The van der Waals surface area contributed by atoms with Crippen LogP contribution in [0.3, 0.4) is 0 Å². The Kier molecular flexibility index (Phi) is 6.20. The summed E-state index contributed by atoms with van der Waals surface area (Å²) in [5.74, 6) is 0.164. The van der Waals surface area contributed by atoms with E-state index in [0.29, 0.717) is 19.5 Å². The minimum atomic E-state index is -0.533. The fourth-order valence-electron chi connectivity index (χ4n) is 3.38. The maximum atomic E-state index is 11.8. The van der Waals surface area contributed by atoms with Gasteiger partial charge in [-0.1, -0.05) is 60.7 Å². The van der Waals surface area contributed by atoms with Crippen molar-refractivity contribution in [3.05, 3.63) is 71.8 Å². The van der Waals surface area contributed by atoms with Crippen LogP contribution in [-0.2, 0) is 17.9 Å². The van der Waals surface area contributed by atoms with Crippen molar-refractivity contribution in [2.24, 2.45) is 0 Å². The molecule has 1 aliphatic heterocycles. The molecule has 1 unspecified atom stereocenters. The monoisotopic (exact) mass is 338 g/mol. The fraction of sp³-hybridized carbons (Fsp3) is 0.381. The van der Waals surface area contributed by atoms with Crippen LogP contribution in [-0.4, -0.2) is 46.6 Å². The zero-order chi connectivity index (χ0) is 17.5. The van der Waals surface area contributed by atoms with Gasteiger partial charge in [0.25, 0.3) is 0 Å². The first-order chi connectivity index (χ1) is 12.2. The molecule has 1 fully saturated rings. The van der Waals surface area contributed by atoms with E-state index in [1.165, 1.54) is 11.1 Å². The van der Waals surface area contributed by atoms with Gasteiger partial charge in [-0.25, -0.2) is 0 Å². The number of amides is 1. The highest BCUT2D eigenvalue weighted by atomic mass is 16.3. The third-order valence-corrected chi connectivity index (χ3v) is 4.57. The van der Waals surface area contributed by atoms with Crippen LogP contribution in [0.25, 0.3) is 0 Å². The van der Waals surface area contributed by atoms with Crippen LogP contribution in [0.5, 0.6) is 0 Å². The molecule has 132 valence electrons. The molecule has 0 aliphatic carbocycles. The smallest absolute Gasteiger partial charge is 0.222 e. The Morgan fingerprint density at radius 2 is 1.52 bits per heavy atom. The summed E-state index contributed by atoms with van der Waals surface area (Å²) in [7, 11) is 0. The number of likely N-dealkylation sites (tertiary alicyclic amines) is 1. The predicted molar refractivity (Wildman–Crippen MR) is 98.8 cm³/mol. The van der Waals surface area contributed by atoms with Crippen LogP contribution < -0.4 is 0 Å². The molecule has 1 aliphatic rings. The number of hydrogen-bond acceptors (Lipinski definition) is 3. The van der Waals surface area contributed by atoms with Crippen LogP contribution >= 0.6 is 0 Å². The van der Waals surface area contributed by atoms with Gasteiger partial charge in [0.2, 0.25) is 5.91 Å². The topological polar surface area (TPSA) is 43.8 Å². The molecule has 2 aromatic carbocycles. The van der Waals surface area contributed by atoms with E-state index in [-0.39, 0.29) is 5.91 Å². The molecule has 4 heteroatoms. The second kappa shape index (κ2) is 8.79. The SMILES string of the molecule is O=C1CCCN1CC(O)CN(Cc1ccccc1)Cc1ccccc1. The van der Waals surface area contributed by atoms with E-state index in [9.17, 15) is 9.90 Å². The Balaban J connectivity index is 1.63. The summed E-state index contributed by atoms with van der Waals surface area (Å²) in [4.78, 5) is 15.8. The number of hydrogen-bond donors (Lipinski definition) is 1. The molecule has 0 aromatic heterocycles. The van der Waals surface area contributed by atoms with E-state index < -0.39 is 6.10 Å². The quantitative estimate of drug-likeness (QED) is 0.805. The lowest BCUT2D eigenvalue weighted by atomic mass is 10.1. The van der Waals surface area contributed by atoms with Gasteiger partial charge < -0.3 is 10.0 Å². The van der Waals surface area contributed by atoms with Crippen LogP contribution in [0.2, 0.25) is 0 Å². The second-order valence-corrected chi connectivity index (χ2v) is 6.74. The normalized spacial score (nSPS) is 15.8. The summed E-state index contributed by atoms with van der Waals surface area (Å²) in [6, 6.07) is 20.6. The first-order valence-corrected chi connectivity index (χ1v) is 8.97. The highest BCUT2D eigenvalue weighted by molar-refractivity contribution is 5.78. The summed E-state index contributed by atoms with van der Waals surface area (Å²) < 4.78 is 0. The van der Waals surface area contributed by atoms with Crippen LogP contribution in [0, 0.1) is 0 Å². The number of aliphatic hydroxyl groups excluding tert-OH is 1. The molecule has 0 radical (unpaired) electrons. The average molecular weight is 338 g/mol. The van der Waals surface area contributed by atoms with E-state index in [1.54, 1.807) is 4.90 Å². The lowest BCUT2D eigenvalue weighted by molar-refractivity contribution is -0.129. The maximum Gasteiger partial charge on any atom is 0.222 e. The zero-order valence-corrected chi connectivity index (χ0v) is 14.6. The molecule has 1 amide bonds. The van der Waals surface area contributed by atoms with E-state index in [4.69, 9.17) is 0 Å². The first-order valence-electron chi connectivity index (χ1n) is 8.97. The number of carbonyl (C=O) groups is 1. The highest BCUT2D eigenvalue weighted by Gasteiger charge is 2.23. The van der Waals surface area contributed by atoms with Gasteiger partial charge >= 0.3 is 0 Å². The van der Waals surface area contributed by atoms with Crippen molar-refractivity contribution in [1.29, 1.82) is 0 Å². The minimum Gasteiger partial charge on any atom is -0.390 e. The number of benzene rings is 2. The van der Waals surface area contributed by atoms with Gasteiger partial charge in [0.15, 0.2) is 0 Å². The number of aliphatic hydroxyl groups is 1. The van der Waals surface area contributed by atoms with Crippen molar-refractivity contribution in [1.82, 2.24) is 9.80 Å². The maximum absolute atomic E-state index is 11.8. The Labute approximate surface area is 149 Å². The third-order valence-electron chi connectivity index (χ3n) is 4.57. The van der Waals surface area contributed by atoms with Gasteiger partial charge in [0.1, 0.15) is 0 Å². The van der Waals surface area contributed by atoms with Crippen molar-refractivity contribution in [3.63, 3.8) is 0 Å². The van der Waals surface area contributed by atoms with Crippen LogP contribution in [0.15, 0.2) is 60.7 Å². The van der Waals surface area contributed by atoms with E-state index in [2.05, 4.69) is 29.2 Å². The van der Waals surface area contributed by atoms with Crippen molar-refractivity contribution in [2.45, 2.75) is 32.0 Å². The van der Waals surface area contributed by atoms with Crippen LogP contribution in [0.1, 0.15) is 24.0 Å². The van der Waals surface area contributed by atoms with E-state index in [0.717, 1.165) is 26.1 Å². The summed E-state index contributed by atoms with van der Waals surface area (Å²) in [5.41, 5.74) is 2.45. The molecule has 0 bridgehead atoms. The molecule has 1 heterocycles. The van der Waals surface area contributed by atoms with Crippen LogP contribution in [0.4, 0.5) is 0 Å². The molecule has 25 heavy (non-hydrogen) atoms. The Bertz CT molecular complexity index is 619. The Hall–Kier alpha value is -2.17. The summed E-state index contributed by atoms with van der Waals surface area (Å²) in [6.07, 6.45) is 0.989. The number of rotatable bonds is 8. The van der Waals surface area contributed by atoms with Crippen molar-refractivity contribution >= 4 is 5.91 Å². The van der Waals surface area contributed by atoms with Gasteiger partial charge in [0.05, 0.1) is 6.10 Å². The van der Waals surface area contributed by atoms with Gasteiger partial charge in [-0.3, -0.25) is 9.69 Å². The van der Waals surface area contributed by atoms with Crippen molar-refractivity contribution < 1.29 is 9.90 Å². The molecule has 4 nitrogen and oxygen atoms in total. The molecule has 1 atom stereocenters. The van der Waals surface area contributed by atoms with Gasteiger partial charge in [-0.05, 0) is 17.5 Å². The van der Waals surface area contributed by atoms with Crippen molar-refractivity contribution in [2.75, 3.05) is 19.6 Å². The predicted octanol–water partition coefficient (Wildman–Crippen LogP) is 2.67. The summed E-state index contributed by atoms with van der Waals surface area (Å²) in [6.45, 7) is 3.31. The second-order valence-electron chi connectivity index (χ2n) is 6.74. The number of carbonyl (C=O) groups excluding carboxylic acids is 1. The number of β-amino-alcohol motifs (C(OH)–C–C–N with tert-alkyl or cyclic N) is 1. The zero-order valence-electron chi connectivity index (χ0n) is 14.6. The van der Waals surface area contributed by atoms with Crippen molar-refractivity contribution in [3.8, 4) is 0 Å². The molecule has 0 saturated carbocycles. The third kappa shape index (κ3) is 5.41. The Morgan fingerprint density at radius 3 is 2.00 bits per heavy atom. The Morgan fingerprint density at radius 1 is 0.960 bits per heavy atom. The minimum absolute atomic E-state index is 0.164. The lowest BCUT2D eigenvalue weighted by Crippen LogP contribution is -2.40. The van der Waals surface area contributed by atoms with E-state index in [1.807, 2.05) is 36.4 Å². The van der Waals surface area contributed by atoms with E-state index >= 15 is 0 Å². The fourth-order valence-corrected chi connectivity index (χ4v) is 3.38. The molecule has 2 aromatic rings. The molecular formula is C21H26N2O2. The number of nitrogens with zero attached hydrogens (tertiary/aromatic N) is 2. The molecule has 1 saturated heterocycles. The summed E-state index contributed by atoms with van der Waals surface area (Å²) >= 11 is 0. The largest absolute Gasteiger partial charge is 0.390 e. The standard InChI is InChI=1S/C21H26N2O2/c24-20(17-23-13-7-12-21(23)25)16-22(14-18-8-3-1-4-9-18)15-19-10-5-2-6-11-19/h1-6,8-11,20,24H,7,12-17H2. The van der Waals surface area contributed by atoms with Gasteiger partial charge in [0, 0.05) is 39.1 Å². The van der Waals surface area contributed by atoms with Gasteiger partial charge in [-0.15, -0.1) is 0 Å².